The lowest BCUT2D eigenvalue weighted by Crippen LogP contribution is -2.42. The average Bonchev–Trinajstić information content (AvgIpc) is 3.12. The van der Waals surface area contributed by atoms with Crippen LogP contribution in [0.3, 0.4) is 0 Å². The van der Waals surface area contributed by atoms with E-state index in [1.807, 2.05) is 0 Å². The number of nitrogens with zero attached hydrogens (tertiary/aromatic N) is 3. The molecule has 12 heteroatoms. The van der Waals surface area contributed by atoms with Crippen LogP contribution in [0.25, 0.3) is 22.2 Å². The largest absolute Gasteiger partial charge is 0.338 e. The number of aromatic nitrogens is 3. The number of alkyl halides is 2. The number of aromatic amines is 1. The van der Waals surface area contributed by atoms with Crippen LogP contribution in [0.4, 0.5) is 8.78 Å². The van der Waals surface area contributed by atoms with Gasteiger partial charge in [-0.25, -0.2) is 27.2 Å². The Labute approximate surface area is 167 Å². The first-order chi connectivity index (χ1) is 13.7. The molecule has 0 aliphatic carbocycles. The number of nitrogens with one attached hydrogen (secondary N) is 1. The highest BCUT2D eigenvalue weighted by molar-refractivity contribution is 8.24. The van der Waals surface area contributed by atoms with Gasteiger partial charge in [-0.05, 0) is 29.8 Å². The summed E-state index contributed by atoms with van der Waals surface area (Å²) in [4.78, 5) is 10.7. The van der Waals surface area contributed by atoms with E-state index < -0.39 is 27.0 Å². The minimum Gasteiger partial charge on any atom is -0.338 e. The monoisotopic (exact) mass is 444 g/mol. The Bertz CT molecular complexity index is 1140. The Kier molecular flexibility index (Phi) is 5.07. The maximum Gasteiger partial charge on any atom is 0.278 e. The van der Waals surface area contributed by atoms with E-state index in [0.717, 1.165) is 0 Å². The maximum atomic E-state index is 13.0. The summed E-state index contributed by atoms with van der Waals surface area (Å²) >= 11 is 0. The molecule has 1 fully saturated rings. The van der Waals surface area contributed by atoms with Gasteiger partial charge in [0, 0.05) is 36.4 Å². The van der Waals surface area contributed by atoms with Gasteiger partial charge < -0.3 is 4.98 Å². The fraction of sp³-hybridized carbons (Fsp3) is 0.294. The van der Waals surface area contributed by atoms with E-state index in [1.54, 1.807) is 12.1 Å². The molecule has 3 aromatic heterocycles. The zero-order valence-corrected chi connectivity index (χ0v) is 16.6. The molecule has 1 aliphatic heterocycles. The first kappa shape index (κ1) is 20.2. The lowest BCUT2D eigenvalue weighted by molar-refractivity contribution is 0.147. The smallest absolute Gasteiger partial charge is 0.278 e. The molecule has 0 bridgehead atoms. The van der Waals surface area contributed by atoms with E-state index in [-0.39, 0.29) is 35.3 Å². The first-order valence-electron chi connectivity index (χ1n) is 8.63. The van der Waals surface area contributed by atoms with Gasteiger partial charge in [0.05, 0.1) is 17.2 Å². The second kappa shape index (κ2) is 7.29. The summed E-state index contributed by atoms with van der Waals surface area (Å²) in [6, 6.07) is 5.87. The van der Waals surface area contributed by atoms with E-state index in [9.17, 15) is 26.3 Å². The third-order valence-corrected chi connectivity index (χ3v) is 8.26. The number of pyridine rings is 2. The number of hydrogen-bond donors (Lipinski definition) is 3. The van der Waals surface area contributed by atoms with Crippen molar-refractivity contribution in [1.29, 1.82) is 0 Å². The first-order valence-corrected chi connectivity index (χ1v) is 12.0. The van der Waals surface area contributed by atoms with Gasteiger partial charge in [-0.1, -0.05) is 0 Å². The second-order valence-corrected chi connectivity index (χ2v) is 11.0. The van der Waals surface area contributed by atoms with Gasteiger partial charge in [0.1, 0.15) is 5.65 Å². The molecule has 156 valence electrons. The van der Waals surface area contributed by atoms with Crippen LogP contribution in [0, 0.1) is 0 Å². The zero-order chi connectivity index (χ0) is 20.8. The van der Waals surface area contributed by atoms with Gasteiger partial charge >= 0.3 is 0 Å². The van der Waals surface area contributed by atoms with Crippen LogP contribution in [-0.2, 0) is 10.0 Å². The molecule has 4 heterocycles. The van der Waals surface area contributed by atoms with Crippen molar-refractivity contribution in [2.75, 3.05) is 24.6 Å². The summed E-state index contributed by atoms with van der Waals surface area (Å²) in [6.07, 6.45) is 0.180. The van der Waals surface area contributed by atoms with Crippen molar-refractivity contribution in [2.24, 2.45) is 0 Å². The predicted octanol–water partition coefficient (Wildman–Crippen LogP) is 3.32. The molecule has 1 saturated heterocycles. The lowest BCUT2D eigenvalue weighted by atomic mass is 10.1. The van der Waals surface area contributed by atoms with Gasteiger partial charge in [-0.3, -0.25) is 9.11 Å². The van der Waals surface area contributed by atoms with Crippen molar-refractivity contribution in [3.63, 3.8) is 0 Å². The normalized spacial score (nSPS) is 18.9. The van der Waals surface area contributed by atoms with Crippen LogP contribution < -0.4 is 0 Å². The molecule has 0 saturated carbocycles. The molecule has 0 amide bonds. The third kappa shape index (κ3) is 3.85. The molecule has 3 N–H and O–H groups in total. The predicted molar refractivity (Wildman–Crippen MR) is 106 cm³/mol. The summed E-state index contributed by atoms with van der Waals surface area (Å²) in [5, 5.41) is 0.328. The SMILES string of the molecule is O=S(=O)(c1ccc(-c2ccnc3[nH]c(C(F)F)cc23)cn1)N1CCS(O)(O)CC1. The Morgan fingerprint density at radius 2 is 1.86 bits per heavy atom. The molecule has 29 heavy (non-hydrogen) atoms. The van der Waals surface area contributed by atoms with Crippen molar-refractivity contribution in [3.8, 4) is 11.1 Å². The summed E-state index contributed by atoms with van der Waals surface area (Å²) in [5.41, 5.74) is 1.22. The summed E-state index contributed by atoms with van der Waals surface area (Å²) in [7, 11) is -6.58. The van der Waals surface area contributed by atoms with E-state index in [2.05, 4.69) is 15.0 Å². The molecule has 3 aromatic rings. The van der Waals surface area contributed by atoms with Gasteiger partial charge in [0.15, 0.2) is 5.03 Å². The molecular formula is C17H18F2N4O4S2. The van der Waals surface area contributed by atoms with Crippen LogP contribution in [0.5, 0.6) is 0 Å². The van der Waals surface area contributed by atoms with Crippen molar-refractivity contribution in [2.45, 2.75) is 11.5 Å². The van der Waals surface area contributed by atoms with E-state index >= 15 is 0 Å². The summed E-state index contributed by atoms with van der Waals surface area (Å²) in [5.74, 6) is -0.00145. The van der Waals surface area contributed by atoms with Gasteiger partial charge in [0.25, 0.3) is 16.4 Å². The van der Waals surface area contributed by atoms with E-state index in [4.69, 9.17) is 0 Å². The molecule has 4 rings (SSSR count). The molecule has 0 aromatic carbocycles. The van der Waals surface area contributed by atoms with Crippen LogP contribution in [0.1, 0.15) is 12.1 Å². The molecule has 0 radical (unpaired) electrons. The molecule has 1 aliphatic rings. The quantitative estimate of drug-likeness (QED) is 0.568. The van der Waals surface area contributed by atoms with Crippen molar-refractivity contribution in [1.82, 2.24) is 19.3 Å². The fourth-order valence-electron chi connectivity index (χ4n) is 3.19. The number of H-pyrrole nitrogens is 1. The fourth-order valence-corrected chi connectivity index (χ4v) is 6.01. The number of rotatable bonds is 4. The molecule has 0 unspecified atom stereocenters. The van der Waals surface area contributed by atoms with Gasteiger partial charge in [-0.2, -0.15) is 14.9 Å². The number of halogens is 2. The lowest BCUT2D eigenvalue weighted by Gasteiger charge is -2.40. The number of fused-ring (bicyclic) bond motifs is 1. The maximum absolute atomic E-state index is 13.0. The van der Waals surface area contributed by atoms with E-state index in [0.29, 0.717) is 22.2 Å². The van der Waals surface area contributed by atoms with Crippen LogP contribution in [0.2, 0.25) is 0 Å². The van der Waals surface area contributed by atoms with Crippen molar-refractivity contribution in [3.05, 3.63) is 42.4 Å². The van der Waals surface area contributed by atoms with Crippen LogP contribution >= 0.6 is 10.6 Å². The Hall–Kier alpha value is -2.12. The van der Waals surface area contributed by atoms with Crippen molar-refractivity contribution < 1.29 is 26.3 Å². The Balaban J connectivity index is 1.64. The van der Waals surface area contributed by atoms with Crippen molar-refractivity contribution >= 4 is 31.6 Å². The average molecular weight is 444 g/mol. The minimum atomic E-state index is -3.87. The Morgan fingerprint density at radius 1 is 1.14 bits per heavy atom. The Morgan fingerprint density at radius 3 is 2.48 bits per heavy atom. The highest BCUT2D eigenvalue weighted by atomic mass is 32.3. The topological polar surface area (TPSA) is 119 Å². The minimum absolute atomic E-state index is 0.000723. The van der Waals surface area contributed by atoms with Gasteiger partial charge in [-0.15, -0.1) is 0 Å². The van der Waals surface area contributed by atoms with Crippen LogP contribution in [0.15, 0.2) is 41.7 Å². The van der Waals surface area contributed by atoms with E-state index in [1.165, 1.54) is 28.8 Å². The molecule has 0 atom stereocenters. The second-order valence-electron chi connectivity index (χ2n) is 6.65. The highest BCUT2D eigenvalue weighted by Crippen LogP contribution is 2.41. The molecule has 8 nitrogen and oxygen atoms in total. The summed E-state index contributed by atoms with van der Waals surface area (Å²) in [6.45, 7) is 0.0255. The number of hydrogen-bond acceptors (Lipinski definition) is 6. The molecule has 0 spiro atoms. The summed E-state index contributed by atoms with van der Waals surface area (Å²) < 4.78 is 71.9. The number of sulfonamides is 1. The highest BCUT2D eigenvalue weighted by Gasteiger charge is 2.32. The van der Waals surface area contributed by atoms with Crippen LogP contribution in [-0.4, -0.2) is 61.4 Å². The third-order valence-electron chi connectivity index (χ3n) is 4.77. The van der Waals surface area contributed by atoms with Gasteiger partial charge in [0.2, 0.25) is 0 Å². The standard InChI is InChI=1S/C17H18F2N4O4S2/c18-16(19)14-9-13-12(3-4-20-17(13)22-14)11-1-2-15(21-10-11)29(26,27)23-5-7-28(24,25)8-6-23/h1-4,9-10,16,24-25H,5-8H2,(H,20,22). The molecular weight excluding hydrogens is 426 g/mol. The zero-order valence-electron chi connectivity index (χ0n) is 15.0.